The second-order valence-electron chi connectivity index (χ2n) is 5.93. The molecule has 3 aromatic carbocycles. The Balaban J connectivity index is 1.66. The van der Waals surface area contributed by atoms with Crippen molar-refractivity contribution in [3.63, 3.8) is 0 Å². The van der Waals surface area contributed by atoms with E-state index < -0.39 is 0 Å². The first-order valence-electron chi connectivity index (χ1n) is 8.21. The third kappa shape index (κ3) is 4.57. The van der Waals surface area contributed by atoms with Gasteiger partial charge in [0.2, 0.25) is 0 Å². The van der Waals surface area contributed by atoms with E-state index in [2.05, 4.69) is 29.7 Å². The van der Waals surface area contributed by atoms with Crippen LogP contribution in [0.5, 0.6) is 0 Å². The minimum Gasteiger partial charge on any atom is -0.379 e. The number of halogens is 2. The molecule has 0 fully saturated rings. The molecule has 26 heavy (non-hydrogen) atoms. The van der Waals surface area contributed by atoms with E-state index >= 15 is 0 Å². The molecule has 0 spiro atoms. The van der Waals surface area contributed by atoms with Crippen LogP contribution in [0, 0.1) is 0 Å². The van der Waals surface area contributed by atoms with Gasteiger partial charge in [-0.1, -0.05) is 53.5 Å². The Bertz CT molecular complexity index is 896. The maximum absolute atomic E-state index is 12.4. The Morgan fingerprint density at radius 1 is 0.885 bits per heavy atom. The molecule has 0 aliphatic heterocycles. The van der Waals surface area contributed by atoms with Crippen molar-refractivity contribution in [2.45, 2.75) is 13.0 Å². The van der Waals surface area contributed by atoms with Crippen molar-refractivity contribution in [2.24, 2.45) is 0 Å². The number of rotatable bonds is 5. The summed E-state index contributed by atoms with van der Waals surface area (Å²) in [6, 6.07) is 22.7. The molecule has 3 aromatic rings. The highest BCUT2D eigenvalue weighted by Gasteiger charge is 2.11. The lowest BCUT2D eigenvalue weighted by Gasteiger charge is -2.16. The predicted molar refractivity (Wildman–Crippen MR) is 109 cm³/mol. The smallest absolute Gasteiger partial charge is 0.257 e. The minimum absolute atomic E-state index is 0.182. The molecule has 1 atom stereocenters. The standard InChI is InChI=1S/C21H18Cl2N2O/c1-14(15-5-3-2-4-6-15)24-17-8-10-18(11-9-17)25-21(26)19-13-16(22)7-12-20(19)23/h2-14,24H,1H3,(H,25,26)/t14-/m0/s1. The topological polar surface area (TPSA) is 41.1 Å². The van der Waals surface area contributed by atoms with Gasteiger partial charge in [0.05, 0.1) is 10.6 Å². The molecular weight excluding hydrogens is 367 g/mol. The van der Waals surface area contributed by atoms with Crippen LogP contribution in [0.2, 0.25) is 10.0 Å². The number of hydrogen-bond acceptors (Lipinski definition) is 2. The molecule has 0 radical (unpaired) electrons. The fourth-order valence-electron chi connectivity index (χ4n) is 2.59. The summed E-state index contributed by atoms with van der Waals surface area (Å²) < 4.78 is 0. The Morgan fingerprint density at radius 3 is 2.23 bits per heavy atom. The molecule has 3 nitrogen and oxygen atoms in total. The van der Waals surface area contributed by atoms with Crippen LogP contribution in [0.15, 0.2) is 72.8 Å². The maximum Gasteiger partial charge on any atom is 0.257 e. The minimum atomic E-state index is -0.295. The molecule has 0 aliphatic rings. The van der Waals surface area contributed by atoms with Crippen LogP contribution >= 0.6 is 23.2 Å². The van der Waals surface area contributed by atoms with Gasteiger partial charge in [0.25, 0.3) is 5.91 Å². The summed E-state index contributed by atoms with van der Waals surface area (Å²) in [6.07, 6.45) is 0. The molecule has 0 bridgehead atoms. The number of amides is 1. The van der Waals surface area contributed by atoms with Crippen molar-refractivity contribution in [3.05, 3.63) is 94.0 Å². The Morgan fingerprint density at radius 2 is 1.54 bits per heavy atom. The molecule has 1 amide bonds. The first kappa shape index (κ1) is 18.3. The first-order valence-corrected chi connectivity index (χ1v) is 8.96. The van der Waals surface area contributed by atoms with Crippen molar-refractivity contribution < 1.29 is 4.79 Å². The number of carbonyl (C=O) groups excluding carboxylic acids is 1. The molecule has 0 aliphatic carbocycles. The van der Waals surface area contributed by atoms with E-state index in [1.54, 1.807) is 18.2 Å². The monoisotopic (exact) mass is 384 g/mol. The average molecular weight is 385 g/mol. The molecule has 2 N–H and O–H groups in total. The summed E-state index contributed by atoms with van der Waals surface area (Å²) in [6.45, 7) is 2.10. The molecule has 0 saturated heterocycles. The fourth-order valence-corrected chi connectivity index (χ4v) is 2.97. The lowest BCUT2D eigenvalue weighted by atomic mass is 10.1. The van der Waals surface area contributed by atoms with Gasteiger partial charge in [0, 0.05) is 22.4 Å². The van der Waals surface area contributed by atoms with Crippen LogP contribution in [-0.4, -0.2) is 5.91 Å². The number of nitrogens with one attached hydrogen (secondary N) is 2. The number of carbonyl (C=O) groups is 1. The van der Waals surface area contributed by atoms with Crippen LogP contribution in [0.4, 0.5) is 11.4 Å². The average Bonchev–Trinajstić information content (AvgIpc) is 2.66. The second-order valence-corrected chi connectivity index (χ2v) is 6.78. The highest BCUT2D eigenvalue weighted by Crippen LogP contribution is 2.23. The van der Waals surface area contributed by atoms with E-state index in [1.165, 1.54) is 5.56 Å². The summed E-state index contributed by atoms with van der Waals surface area (Å²) in [7, 11) is 0. The van der Waals surface area contributed by atoms with Crippen molar-refractivity contribution in [3.8, 4) is 0 Å². The van der Waals surface area contributed by atoms with Gasteiger partial charge in [-0.15, -0.1) is 0 Å². The van der Waals surface area contributed by atoms with E-state index in [0.717, 1.165) is 5.69 Å². The zero-order valence-electron chi connectivity index (χ0n) is 14.2. The summed E-state index contributed by atoms with van der Waals surface area (Å²) in [5.41, 5.74) is 3.21. The van der Waals surface area contributed by atoms with Crippen molar-refractivity contribution in [1.29, 1.82) is 0 Å². The molecule has 0 heterocycles. The summed E-state index contributed by atoms with van der Waals surface area (Å²) in [5.74, 6) is -0.295. The second kappa shape index (κ2) is 8.26. The summed E-state index contributed by atoms with van der Waals surface area (Å²) >= 11 is 12.0. The molecule has 0 saturated carbocycles. The van der Waals surface area contributed by atoms with E-state index in [9.17, 15) is 4.79 Å². The Labute approximate surface area is 163 Å². The van der Waals surface area contributed by atoms with Gasteiger partial charge in [-0.25, -0.2) is 0 Å². The number of hydrogen-bond donors (Lipinski definition) is 2. The molecular formula is C21H18Cl2N2O. The predicted octanol–water partition coefficient (Wildman–Crippen LogP) is 6.42. The molecule has 5 heteroatoms. The Hall–Kier alpha value is -2.49. The SMILES string of the molecule is C[C@H](Nc1ccc(NC(=O)c2cc(Cl)ccc2Cl)cc1)c1ccccc1. The van der Waals surface area contributed by atoms with Crippen molar-refractivity contribution in [2.75, 3.05) is 10.6 Å². The molecule has 0 aromatic heterocycles. The highest BCUT2D eigenvalue weighted by molar-refractivity contribution is 6.36. The third-order valence-corrected chi connectivity index (χ3v) is 4.56. The molecule has 0 unspecified atom stereocenters. The zero-order valence-corrected chi connectivity index (χ0v) is 15.7. The fraction of sp³-hybridized carbons (Fsp3) is 0.0952. The van der Waals surface area contributed by atoms with Gasteiger partial charge < -0.3 is 10.6 Å². The summed E-state index contributed by atoms with van der Waals surface area (Å²) in [5, 5.41) is 7.09. The maximum atomic E-state index is 12.4. The van der Waals surface area contributed by atoms with E-state index in [1.807, 2.05) is 42.5 Å². The van der Waals surface area contributed by atoms with Crippen LogP contribution in [0.25, 0.3) is 0 Å². The highest BCUT2D eigenvalue weighted by atomic mass is 35.5. The summed E-state index contributed by atoms with van der Waals surface area (Å²) in [4.78, 5) is 12.4. The normalized spacial score (nSPS) is 11.7. The van der Waals surface area contributed by atoms with Crippen LogP contribution in [0.1, 0.15) is 28.9 Å². The lowest BCUT2D eigenvalue weighted by Crippen LogP contribution is -2.12. The van der Waals surface area contributed by atoms with Gasteiger partial charge in [0.1, 0.15) is 0 Å². The third-order valence-electron chi connectivity index (χ3n) is 4.00. The van der Waals surface area contributed by atoms with Gasteiger partial charge in [-0.3, -0.25) is 4.79 Å². The van der Waals surface area contributed by atoms with Gasteiger partial charge in [-0.05, 0) is 55.0 Å². The van der Waals surface area contributed by atoms with E-state index in [4.69, 9.17) is 23.2 Å². The van der Waals surface area contributed by atoms with E-state index in [-0.39, 0.29) is 11.9 Å². The van der Waals surface area contributed by atoms with Crippen molar-refractivity contribution in [1.82, 2.24) is 0 Å². The molecule has 132 valence electrons. The van der Waals surface area contributed by atoms with Crippen LogP contribution < -0.4 is 10.6 Å². The Kier molecular flexibility index (Phi) is 5.82. The molecule has 3 rings (SSSR count). The quantitative estimate of drug-likeness (QED) is 0.532. The van der Waals surface area contributed by atoms with Gasteiger partial charge >= 0.3 is 0 Å². The van der Waals surface area contributed by atoms with E-state index in [0.29, 0.717) is 21.3 Å². The first-order chi connectivity index (χ1) is 12.5. The number of benzene rings is 3. The van der Waals surface area contributed by atoms with Crippen LogP contribution in [0.3, 0.4) is 0 Å². The van der Waals surface area contributed by atoms with Gasteiger partial charge in [0.15, 0.2) is 0 Å². The van der Waals surface area contributed by atoms with Crippen LogP contribution in [-0.2, 0) is 0 Å². The number of anilines is 2. The van der Waals surface area contributed by atoms with Gasteiger partial charge in [-0.2, -0.15) is 0 Å². The van der Waals surface area contributed by atoms with Crippen molar-refractivity contribution >= 4 is 40.5 Å². The largest absolute Gasteiger partial charge is 0.379 e. The lowest BCUT2D eigenvalue weighted by molar-refractivity contribution is 0.102. The zero-order chi connectivity index (χ0) is 18.5.